The minimum atomic E-state index is -0.323. The van der Waals surface area contributed by atoms with Gasteiger partial charge in [-0.1, -0.05) is 32.0 Å². The average Bonchev–Trinajstić information content (AvgIpc) is 2.98. The highest BCUT2D eigenvalue weighted by atomic mass is 16.5. The molecule has 2 aromatic rings. The number of amides is 1. The van der Waals surface area contributed by atoms with Gasteiger partial charge in [0.15, 0.2) is 6.61 Å². The first-order valence-electron chi connectivity index (χ1n) is 6.74. The molecule has 0 bridgehead atoms. The Morgan fingerprint density at radius 1 is 1.33 bits per heavy atom. The number of para-hydroxylation sites is 1. The summed E-state index contributed by atoms with van der Waals surface area (Å²) >= 11 is 0. The summed E-state index contributed by atoms with van der Waals surface area (Å²) < 4.78 is 10.6. The van der Waals surface area contributed by atoms with E-state index in [4.69, 9.17) is 9.15 Å². The molecule has 0 saturated heterocycles. The van der Waals surface area contributed by atoms with E-state index in [1.54, 1.807) is 12.1 Å². The van der Waals surface area contributed by atoms with E-state index in [9.17, 15) is 4.79 Å². The highest BCUT2D eigenvalue weighted by molar-refractivity contribution is 5.81. The molecular weight excluding hydrogens is 268 g/mol. The molecule has 1 aromatic heterocycles. The van der Waals surface area contributed by atoms with Crippen LogP contribution in [0.3, 0.4) is 0 Å². The predicted molar refractivity (Wildman–Crippen MR) is 80.5 cm³/mol. The van der Waals surface area contributed by atoms with E-state index in [1.807, 2.05) is 24.3 Å². The maximum absolute atomic E-state index is 11.6. The van der Waals surface area contributed by atoms with Gasteiger partial charge in [0.1, 0.15) is 11.5 Å². The number of hydrogen-bond acceptors (Lipinski definition) is 4. The maximum Gasteiger partial charge on any atom is 0.277 e. The molecule has 0 atom stereocenters. The zero-order valence-electron chi connectivity index (χ0n) is 12.1. The van der Waals surface area contributed by atoms with Crippen molar-refractivity contribution in [2.45, 2.75) is 19.8 Å². The Morgan fingerprint density at radius 2 is 2.14 bits per heavy atom. The van der Waals surface area contributed by atoms with Gasteiger partial charge in [-0.3, -0.25) is 4.79 Å². The van der Waals surface area contributed by atoms with E-state index in [-0.39, 0.29) is 12.5 Å². The first-order valence-corrected chi connectivity index (χ1v) is 6.74. The molecule has 0 fully saturated rings. The first-order chi connectivity index (χ1) is 10.2. The summed E-state index contributed by atoms with van der Waals surface area (Å²) in [6, 6.07) is 11.2. The molecule has 5 nitrogen and oxygen atoms in total. The number of hydrazone groups is 1. The van der Waals surface area contributed by atoms with E-state index < -0.39 is 0 Å². The Kier molecular flexibility index (Phi) is 5.15. The SMILES string of the molecule is CC(C)c1ccccc1OCC(=O)N/N=C/c1ccco1. The first kappa shape index (κ1) is 14.8. The van der Waals surface area contributed by atoms with Crippen LogP contribution in [0.25, 0.3) is 0 Å². The third-order valence-corrected chi connectivity index (χ3v) is 2.82. The number of furan rings is 1. The second-order valence-corrected chi connectivity index (χ2v) is 4.79. The Balaban J connectivity index is 1.84. The molecular formula is C16H18N2O3. The molecule has 5 heteroatoms. The lowest BCUT2D eigenvalue weighted by molar-refractivity contribution is -0.123. The Morgan fingerprint density at radius 3 is 2.86 bits per heavy atom. The Bertz CT molecular complexity index is 604. The minimum absolute atomic E-state index is 0.0841. The highest BCUT2D eigenvalue weighted by Gasteiger charge is 2.08. The van der Waals surface area contributed by atoms with Crippen LogP contribution in [0.5, 0.6) is 5.75 Å². The van der Waals surface area contributed by atoms with Crippen molar-refractivity contribution in [1.29, 1.82) is 0 Å². The highest BCUT2D eigenvalue weighted by Crippen LogP contribution is 2.25. The van der Waals surface area contributed by atoms with Crippen LogP contribution in [0.4, 0.5) is 0 Å². The van der Waals surface area contributed by atoms with Crippen molar-refractivity contribution in [2.24, 2.45) is 5.10 Å². The molecule has 1 amide bonds. The summed E-state index contributed by atoms with van der Waals surface area (Å²) in [6.45, 7) is 4.07. The molecule has 0 aliphatic carbocycles. The van der Waals surface area contributed by atoms with Crippen LogP contribution in [-0.2, 0) is 4.79 Å². The van der Waals surface area contributed by atoms with Gasteiger partial charge in [-0.05, 0) is 29.7 Å². The van der Waals surface area contributed by atoms with Gasteiger partial charge in [-0.15, -0.1) is 0 Å². The van der Waals surface area contributed by atoms with E-state index in [1.165, 1.54) is 12.5 Å². The van der Waals surface area contributed by atoms with E-state index in [2.05, 4.69) is 24.4 Å². The lowest BCUT2D eigenvalue weighted by atomic mass is 10.0. The van der Waals surface area contributed by atoms with Gasteiger partial charge >= 0.3 is 0 Å². The Hall–Kier alpha value is -2.56. The number of hydrogen-bond donors (Lipinski definition) is 1. The number of nitrogens with zero attached hydrogens (tertiary/aromatic N) is 1. The van der Waals surface area contributed by atoms with Crippen LogP contribution in [0.15, 0.2) is 52.2 Å². The zero-order chi connectivity index (χ0) is 15.1. The fourth-order valence-corrected chi connectivity index (χ4v) is 1.80. The number of benzene rings is 1. The van der Waals surface area contributed by atoms with Crippen molar-refractivity contribution in [1.82, 2.24) is 5.43 Å². The molecule has 1 aromatic carbocycles. The molecule has 1 heterocycles. The van der Waals surface area contributed by atoms with Crippen molar-refractivity contribution >= 4 is 12.1 Å². The number of ether oxygens (including phenoxy) is 1. The van der Waals surface area contributed by atoms with Crippen LogP contribution in [0.2, 0.25) is 0 Å². The molecule has 0 aliphatic heterocycles. The number of nitrogens with one attached hydrogen (secondary N) is 1. The summed E-state index contributed by atoms with van der Waals surface area (Å²) in [5.41, 5.74) is 3.46. The summed E-state index contributed by atoms with van der Waals surface area (Å²) in [5, 5.41) is 3.79. The second-order valence-electron chi connectivity index (χ2n) is 4.79. The molecule has 110 valence electrons. The van der Waals surface area contributed by atoms with Gasteiger partial charge < -0.3 is 9.15 Å². The van der Waals surface area contributed by atoms with Crippen molar-refractivity contribution in [3.8, 4) is 5.75 Å². The maximum atomic E-state index is 11.6. The molecule has 0 aliphatic rings. The number of carbonyl (C=O) groups excluding carboxylic acids is 1. The third kappa shape index (κ3) is 4.49. The standard InChI is InChI=1S/C16H18N2O3/c1-12(2)14-7-3-4-8-15(14)21-11-16(19)18-17-10-13-6-5-9-20-13/h3-10,12H,11H2,1-2H3,(H,18,19)/b17-10+. The summed E-state index contributed by atoms with van der Waals surface area (Å²) in [5.74, 6) is 1.30. The molecule has 0 saturated carbocycles. The normalized spacial score (nSPS) is 11.0. The van der Waals surface area contributed by atoms with Crippen LogP contribution in [0, 0.1) is 0 Å². The monoisotopic (exact) mass is 286 g/mol. The van der Waals surface area contributed by atoms with Crippen molar-refractivity contribution in [3.05, 3.63) is 54.0 Å². The van der Waals surface area contributed by atoms with Crippen molar-refractivity contribution in [2.75, 3.05) is 6.61 Å². The fraction of sp³-hybridized carbons (Fsp3) is 0.250. The quantitative estimate of drug-likeness (QED) is 0.656. The predicted octanol–water partition coefficient (Wildman–Crippen LogP) is 2.93. The van der Waals surface area contributed by atoms with E-state index >= 15 is 0 Å². The second kappa shape index (κ2) is 7.28. The van der Waals surface area contributed by atoms with Crippen LogP contribution in [0.1, 0.15) is 31.1 Å². The fourth-order valence-electron chi connectivity index (χ4n) is 1.80. The van der Waals surface area contributed by atoms with Gasteiger partial charge in [0.2, 0.25) is 0 Å². The molecule has 1 N–H and O–H groups in total. The van der Waals surface area contributed by atoms with E-state index in [0.717, 1.165) is 11.3 Å². The van der Waals surface area contributed by atoms with Crippen LogP contribution < -0.4 is 10.2 Å². The Labute approximate surface area is 123 Å². The molecule has 0 spiro atoms. The number of rotatable bonds is 6. The average molecular weight is 286 g/mol. The lowest BCUT2D eigenvalue weighted by Gasteiger charge is -2.12. The van der Waals surface area contributed by atoms with Crippen molar-refractivity contribution < 1.29 is 13.9 Å². The lowest BCUT2D eigenvalue weighted by Crippen LogP contribution is -2.24. The van der Waals surface area contributed by atoms with Crippen molar-refractivity contribution in [3.63, 3.8) is 0 Å². The van der Waals surface area contributed by atoms with Gasteiger partial charge in [0.25, 0.3) is 5.91 Å². The summed E-state index contributed by atoms with van der Waals surface area (Å²) in [7, 11) is 0. The summed E-state index contributed by atoms with van der Waals surface area (Å²) in [4.78, 5) is 11.6. The summed E-state index contributed by atoms with van der Waals surface area (Å²) in [6.07, 6.45) is 2.97. The van der Waals surface area contributed by atoms with Gasteiger partial charge in [-0.2, -0.15) is 5.10 Å². The van der Waals surface area contributed by atoms with Crippen LogP contribution in [-0.4, -0.2) is 18.7 Å². The van der Waals surface area contributed by atoms with Gasteiger partial charge in [0, 0.05) is 0 Å². The topological polar surface area (TPSA) is 63.8 Å². The largest absolute Gasteiger partial charge is 0.483 e. The molecule has 0 radical (unpaired) electrons. The molecule has 21 heavy (non-hydrogen) atoms. The number of carbonyl (C=O) groups is 1. The smallest absolute Gasteiger partial charge is 0.277 e. The molecule has 0 unspecified atom stereocenters. The molecule has 2 rings (SSSR count). The van der Waals surface area contributed by atoms with Gasteiger partial charge in [0.05, 0.1) is 12.5 Å². The van der Waals surface area contributed by atoms with Crippen LogP contribution >= 0.6 is 0 Å². The minimum Gasteiger partial charge on any atom is -0.483 e. The third-order valence-electron chi connectivity index (χ3n) is 2.82. The van der Waals surface area contributed by atoms with E-state index in [0.29, 0.717) is 11.7 Å². The van der Waals surface area contributed by atoms with Gasteiger partial charge in [-0.25, -0.2) is 5.43 Å². The zero-order valence-corrected chi connectivity index (χ0v) is 12.1.